The molecule has 0 saturated carbocycles. The van der Waals surface area contributed by atoms with Crippen LogP contribution in [-0.4, -0.2) is 25.3 Å². The van der Waals surface area contributed by atoms with Crippen molar-refractivity contribution in [3.05, 3.63) is 47.5 Å². The van der Waals surface area contributed by atoms with Crippen LogP contribution in [0, 0.1) is 6.92 Å². The van der Waals surface area contributed by atoms with Crippen LogP contribution in [0.3, 0.4) is 0 Å². The molecule has 0 unspecified atom stereocenters. The Morgan fingerprint density at radius 3 is 2.10 bits per heavy atom. The monoisotopic (exact) mass is 272 g/mol. The molecule has 0 saturated heterocycles. The second-order valence-electron chi connectivity index (χ2n) is 4.39. The largest absolute Gasteiger partial charge is 0.496 e. The van der Waals surface area contributed by atoms with Crippen molar-refractivity contribution in [2.24, 2.45) is 0 Å². The van der Waals surface area contributed by atoms with Crippen molar-refractivity contribution < 1.29 is 19.4 Å². The molecule has 2 aromatic rings. The molecule has 0 aliphatic heterocycles. The van der Waals surface area contributed by atoms with Crippen LogP contribution >= 0.6 is 0 Å². The summed E-state index contributed by atoms with van der Waals surface area (Å²) in [6, 6.07) is 10.5. The van der Waals surface area contributed by atoms with Crippen molar-refractivity contribution in [3.8, 4) is 22.6 Å². The molecule has 0 spiro atoms. The van der Waals surface area contributed by atoms with E-state index in [1.54, 1.807) is 32.4 Å². The molecule has 0 aliphatic carbocycles. The molecule has 0 amide bonds. The van der Waals surface area contributed by atoms with Gasteiger partial charge in [-0.3, -0.25) is 0 Å². The van der Waals surface area contributed by atoms with Gasteiger partial charge < -0.3 is 14.6 Å². The van der Waals surface area contributed by atoms with Crippen LogP contribution in [0.25, 0.3) is 11.1 Å². The second kappa shape index (κ2) is 5.65. The Kier molecular flexibility index (Phi) is 3.94. The summed E-state index contributed by atoms with van der Waals surface area (Å²) in [6.07, 6.45) is 0. The lowest BCUT2D eigenvalue weighted by Crippen LogP contribution is -1.97. The highest BCUT2D eigenvalue weighted by Gasteiger charge is 2.11. The highest BCUT2D eigenvalue weighted by molar-refractivity contribution is 5.89. The van der Waals surface area contributed by atoms with E-state index < -0.39 is 5.97 Å². The predicted octanol–water partition coefficient (Wildman–Crippen LogP) is 3.38. The third-order valence-corrected chi connectivity index (χ3v) is 3.20. The van der Waals surface area contributed by atoms with E-state index in [0.29, 0.717) is 11.5 Å². The number of benzene rings is 2. The van der Waals surface area contributed by atoms with Crippen LogP contribution in [0.2, 0.25) is 0 Å². The summed E-state index contributed by atoms with van der Waals surface area (Å²) in [7, 11) is 3.19. The van der Waals surface area contributed by atoms with Gasteiger partial charge in [0.25, 0.3) is 0 Å². The number of methoxy groups -OCH3 is 2. The van der Waals surface area contributed by atoms with Crippen molar-refractivity contribution in [1.29, 1.82) is 0 Å². The maximum atomic E-state index is 11.0. The molecule has 0 aromatic heterocycles. The van der Waals surface area contributed by atoms with Crippen molar-refractivity contribution in [1.82, 2.24) is 0 Å². The lowest BCUT2D eigenvalue weighted by atomic mass is 10.0. The van der Waals surface area contributed by atoms with Gasteiger partial charge in [0, 0.05) is 5.56 Å². The summed E-state index contributed by atoms with van der Waals surface area (Å²) in [5.74, 6) is 0.470. The van der Waals surface area contributed by atoms with E-state index in [0.717, 1.165) is 16.7 Å². The van der Waals surface area contributed by atoms with E-state index in [1.807, 2.05) is 25.1 Å². The van der Waals surface area contributed by atoms with Gasteiger partial charge in [0.05, 0.1) is 19.8 Å². The van der Waals surface area contributed by atoms with E-state index in [4.69, 9.17) is 14.6 Å². The van der Waals surface area contributed by atoms with Crippen LogP contribution in [0.15, 0.2) is 36.4 Å². The van der Waals surface area contributed by atoms with E-state index in [1.165, 1.54) is 0 Å². The number of rotatable bonds is 4. The first-order valence-corrected chi connectivity index (χ1v) is 6.13. The molecule has 0 aliphatic rings. The van der Waals surface area contributed by atoms with Gasteiger partial charge in [0.2, 0.25) is 0 Å². The minimum absolute atomic E-state index is 0.251. The molecule has 4 heteroatoms. The van der Waals surface area contributed by atoms with Crippen molar-refractivity contribution >= 4 is 5.97 Å². The van der Waals surface area contributed by atoms with E-state index >= 15 is 0 Å². The van der Waals surface area contributed by atoms with Gasteiger partial charge in [0.1, 0.15) is 11.5 Å². The first kappa shape index (κ1) is 13.9. The molecule has 2 aromatic carbocycles. The summed E-state index contributed by atoms with van der Waals surface area (Å²) < 4.78 is 10.7. The number of hydrogen-bond acceptors (Lipinski definition) is 3. The van der Waals surface area contributed by atoms with E-state index in [2.05, 4.69) is 0 Å². The Balaban J connectivity index is 2.57. The Morgan fingerprint density at radius 1 is 1.00 bits per heavy atom. The molecule has 0 radical (unpaired) electrons. The molecule has 1 N–H and O–H groups in total. The standard InChI is InChI=1S/C16H16O4/c1-10-14(19-2)8-13(9-15(10)20-3)11-5-4-6-12(7-11)16(17)18/h4-9H,1-3H3,(H,17,18). The quantitative estimate of drug-likeness (QED) is 0.927. The normalized spacial score (nSPS) is 10.2. The van der Waals surface area contributed by atoms with E-state index in [9.17, 15) is 4.79 Å². The highest BCUT2D eigenvalue weighted by Crippen LogP contribution is 2.34. The summed E-state index contributed by atoms with van der Waals surface area (Å²) in [4.78, 5) is 11.0. The van der Waals surface area contributed by atoms with Gasteiger partial charge in [0.15, 0.2) is 0 Å². The molecule has 2 rings (SSSR count). The van der Waals surface area contributed by atoms with Gasteiger partial charge >= 0.3 is 5.97 Å². The zero-order chi connectivity index (χ0) is 14.7. The molecular formula is C16H16O4. The van der Waals surface area contributed by atoms with Gasteiger partial charge in [-0.15, -0.1) is 0 Å². The molecule has 4 nitrogen and oxygen atoms in total. The Bertz CT molecular complexity index is 622. The maximum Gasteiger partial charge on any atom is 0.335 e. The predicted molar refractivity (Wildman–Crippen MR) is 76.7 cm³/mol. The van der Waals surface area contributed by atoms with Crippen LogP contribution in [0.1, 0.15) is 15.9 Å². The van der Waals surface area contributed by atoms with Crippen LogP contribution < -0.4 is 9.47 Å². The third-order valence-electron chi connectivity index (χ3n) is 3.20. The fraction of sp³-hybridized carbons (Fsp3) is 0.188. The number of carboxylic acids is 1. The first-order valence-electron chi connectivity index (χ1n) is 6.13. The lowest BCUT2D eigenvalue weighted by molar-refractivity contribution is 0.0697. The summed E-state index contributed by atoms with van der Waals surface area (Å²) in [6.45, 7) is 1.91. The van der Waals surface area contributed by atoms with Crippen LogP contribution in [0.4, 0.5) is 0 Å². The fourth-order valence-corrected chi connectivity index (χ4v) is 2.08. The molecule has 20 heavy (non-hydrogen) atoms. The zero-order valence-electron chi connectivity index (χ0n) is 11.6. The topological polar surface area (TPSA) is 55.8 Å². The van der Waals surface area contributed by atoms with Gasteiger partial charge in [-0.05, 0) is 42.3 Å². The summed E-state index contributed by atoms with van der Waals surface area (Å²) in [5.41, 5.74) is 2.82. The Hall–Kier alpha value is -2.49. The Labute approximate surface area is 117 Å². The van der Waals surface area contributed by atoms with Crippen molar-refractivity contribution in [2.75, 3.05) is 14.2 Å². The van der Waals surface area contributed by atoms with Gasteiger partial charge in [-0.25, -0.2) is 4.79 Å². The molecular weight excluding hydrogens is 256 g/mol. The molecule has 0 atom stereocenters. The minimum Gasteiger partial charge on any atom is -0.496 e. The molecule has 0 fully saturated rings. The zero-order valence-corrected chi connectivity index (χ0v) is 11.6. The van der Waals surface area contributed by atoms with Crippen molar-refractivity contribution in [2.45, 2.75) is 6.92 Å². The average Bonchev–Trinajstić information content (AvgIpc) is 2.47. The average molecular weight is 272 g/mol. The van der Waals surface area contributed by atoms with Gasteiger partial charge in [-0.1, -0.05) is 12.1 Å². The van der Waals surface area contributed by atoms with Gasteiger partial charge in [-0.2, -0.15) is 0 Å². The molecule has 0 heterocycles. The number of aromatic carboxylic acids is 1. The number of ether oxygens (including phenoxy) is 2. The molecule has 104 valence electrons. The maximum absolute atomic E-state index is 11.0. The number of hydrogen-bond donors (Lipinski definition) is 1. The Morgan fingerprint density at radius 2 is 1.60 bits per heavy atom. The van der Waals surface area contributed by atoms with Crippen LogP contribution in [0.5, 0.6) is 11.5 Å². The first-order chi connectivity index (χ1) is 9.56. The number of carboxylic acid groups (broad SMARTS) is 1. The highest BCUT2D eigenvalue weighted by atomic mass is 16.5. The van der Waals surface area contributed by atoms with Crippen LogP contribution in [-0.2, 0) is 0 Å². The molecule has 0 bridgehead atoms. The minimum atomic E-state index is -0.946. The van der Waals surface area contributed by atoms with E-state index in [-0.39, 0.29) is 5.56 Å². The summed E-state index contributed by atoms with van der Waals surface area (Å²) >= 11 is 0. The lowest BCUT2D eigenvalue weighted by Gasteiger charge is -2.13. The fourth-order valence-electron chi connectivity index (χ4n) is 2.08. The third kappa shape index (κ3) is 2.59. The second-order valence-corrected chi connectivity index (χ2v) is 4.39. The SMILES string of the molecule is COc1cc(-c2cccc(C(=O)O)c2)cc(OC)c1C. The van der Waals surface area contributed by atoms with Crippen molar-refractivity contribution in [3.63, 3.8) is 0 Å². The summed E-state index contributed by atoms with van der Waals surface area (Å²) in [5, 5.41) is 9.05. The number of carbonyl (C=O) groups is 1. The smallest absolute Gasteiger partial charge is 0.335 e.